The molecule has 1 amide bonds. The molecule has 0 saturated carbocycles. The normalized spacial score (nSPS) is 12.1. The van der Waals surface area contributed by atoms with Crippen LogP contribution in [-0.4, -0.2) is 33.5 Å². The van der Waals surface area contributed by atoms with Gasteiger partial charge in [0.05, 0.1) is 18.4 Å². The minimum absolute atomic E-state index is 0.0808. The van der Waals surface area contributed by atoms with Crippen LogP contribution in [0.15, 0.2) is 42.6 Å². The minimum Gasteiger partial charge on any atom is -0.454 e. The maximum Gasteiger partial charge on any atom is 0.277 e. The number of anilines is 1. The number of rotatable bonds is 5. The van der Waals surface area contributed by atoms with Crippen molar-refractivity contribution in [1.82, 2.24) is 15.0 Å². The van der Waals surface area contributed by atoms with Crippen molar-refractivity contribution in [3.8, 4) is 11.5 Å². The van der Waals surface area contributed by atoms with Crippen molar-refractivity contribution in [3.05, 3.63) is 65.0 Å². The second-order valence-electron chi connectivity index (χ2n) is 6.55. The Kier molecular flexibility index (Phi) is 4.52. The maximum absolute atomic E-state index is 12.6. The summed E-state index contributed by atoms with van der Waals surface area (Å²) in [4.78, 5) is 24.5. The molecule has 8 heteroatoms. The van der Waals surface area contributed by atoms with Gasteiger partial charge in [-0.15, -0.1) is 5.10 Å². The van der Waals surface area contributed by atoms with Crippen LogP contribution in [0.5, 0.6) is 11.5 Å². The van der Waals surface area contributed by atoms with Crippen molar-refractivity contribution in [3.63, 3.8) is 0 Å². The molecule has 0 atom stereocenters. The Morgan fingerprint density at radius 1 is 1.14 bits per heavy atom. The Hall–Kier alpha value is -3.68. The Balaban J connectivity index is 1.52. The van der Waals surface area contributed by atoms with Crippen LogP contribution in [0.2, 0.25) is 0 Å². The Morgan fingerprint density at radius 3 is 2.57 bits per heavy atom. The minimum atomic E-state index is -0.462. The van der Waals surface area contributed by atoms with E-state index in [9.17, 15) is 9.59 Å². The molecule has 1 aliphatic rings. The topological polar surface area (TPSA) is 95.3 Å². The molecule has 2 aromatic carbocycles. The third-order valence-electron chi connectivity index (χ3n) is 4.38. The molecule has 142 valence electrons. The molecule has 8 nitrogen and oxygen atoms in total. The lowest BCUT2D eigenvalue weighted by atomic mass is 10.1. The molecule has 0 radical (unpaired) electrons. The van der Waals surface area contributed by atoms with Gasteiger partial charge in [-0.3, -0.25) is 9.59 Å². The number of ether oxygens (including phenoxy) is 2. The summed E-state index contributed by atoms with van der Waals surface area (Å²) in [6, 6.07) is 11.2. The van der Waals surface area contributed by atoms with Crippen molar-refractivity contribution in [2.45, 2.75) is 20.4 Å². The van der Waals surface area contributed by atoms with Gasteiger partial charge in [0.2, 0.25) is 6.79 Å². The van der Waals surface area contributed by atoms with Gasteiger partial charge in [0.1, 0.15) is 0 Å². The van der Waals surface area contributed by atoms with Gasteiger partial charge in [-0.05, 0) is 25.5 Å². The lowest BCUT2D eigenvalue weighted by molar-refractivity contribution is 0.101. The lowest BCUT2D eigenvalue weighted by Gasteiger charge is -2.09. The number of aryl methyl sites for hydroxylation is 1. The summed E-state index contributed by atoms with van der Waals surface area (Å²) < 4.78 is 12.2. The second-order valence-corrected chi connectivity index (χ2v) is 6.55. The zero-order valence-corrected chi connectivity index (χ0v) is 15.4. The Morgan fingerprint density at radius 2 is 1.86 bits per heavy atom. The Bertz CT molecular complexity index is 1060. The van der Waals surface area contributed by atoms with E-state index in [1.54, 1.807) is 23.0 Å². The molecule has 0 bridgehead atoms. The van der Waals surface area contributed by atoms with Gasteiger partial charge in [0.15, 0.2) is 23.0 Å². The van der Waals surface area contributed by atoms with Crippen molar-refractivity contribution < 1.29 is 19.1 Å². The molecule has 2 heterocycles. The highest BCUT2D eigenvalue weighted by Gasteiger charge is 2.21. The first-order valence-corrected chi connectivity index (χ1v) is 8.71. The largest absolute Gasteiger partial charge is 0.454 e. The SMILES string of the molecule is CC(=O)c1cc2c(cc1NC(=O)c1cn(Cc3ccc(C)cc3)nn1)OCO2. The van der Waals surface area contributed by atoms with E-state index in [2.05, 4.69) is 15.6 Å². The fourth-order valence-electron chi connectivity index (χ4n) is 2.88. The highest BCUT2D eigenvalue weighted by Crippen LogP contribution is 2.37. The first-order valence-electron chi connectivity index (χ1n) is 8.71. The summed E-state index contributed by atoms with van der Waals surface area (Å²) in [5.41, 5.74) is 3.06. The number of aromatic nitrogens is 3. The van der Waals surface area contributed by atoms with E-state index in [1.807, 2.05) is 31.2 Å². The van der Waals surface area contributed by atoms with E-state index in [1.165, 1.54) is 12.5 Å². The maximum atomic E-state index is 12.6. The zero-order chi connectivity index (χ0) is 19.7. The predicted octanol–water partition coefficient (Wildman–Crippen LogP) is 2.82. The number of ketones is 1. The average Bonchev–Trinajstić information content (AvgIpc) is 3.31. The lowest BCUT2D eigenvalue weighted by Crippen LogP contribution is -2.15. The molecule has 0 fully saturated rings. The van der Waals surface area contributed by atoms with Crippen LogP contribution in [0.3, 0.4) is 0 Å². The van der Waals surface area contributed by atoms with Gasteiger partial charge in [-0.2, -0.15) is 0 Å². The quantitative estimate of drug-likeness (QED) is 0.686. The van der Waals surface area contributed by atoms with E-state index in [-0.39, 0.29) is 18.3 Å². The Labute approximate surface area is 161 Å². The number of hydrogen-bond donors (Lipinski definition) is 1. The third-order valence-corrected chi connectivity index (χ3v) is 4.38. The second kappa shape index (κ2) is 7.15. The first kappa shape index (κ1) is 17.7. The highest BCUT2D eigenvalue weighted by atomic mass is 16.7. The summed E-state index contributed by atoms with van der Waals surface area (Å²) in [7, 11) is 0. The number of benzene rings is 2. The summed E-state index contributed by atoms with van der Waals surface area (Å²) in [5.74, 6) is 0.295. The van der Waals surface area contributed by atoms with Crippen LogP contribution in [0.25, 0.3) is 0 Å². The van der Waals surface area contributed by atoms with E-state index >= 15 is 0 Å². The van der Waals surface area contributed by atoms with Crippen LogP contribution in [0.1, 0.15) is 38.9 Å². The molecular formula is C20H18N4O4. The molecule has 28 heavy (non-hydrogen) atoms. The average molecular weight is 378 g/mol. The number of Topliss-reactive ketones (excluding diaryl/α,β-unsaturated/α-hetero) is 1. The monoisotopic (exact) mass is 378 g/mol. The fourth-order valence-corrected chi connectivity index (χ4v) is 2.88. The summed E-state index contributed by atoms with van der Waals surface area (Å²) in [6.07, 6.45) is 1.57. The number of carbonyl (C=O) groups excluding carboxylic acids is 2. The van der Waals surface area contributed by atoms with Crippen LogP contribution in [-0.2, 0) is 6.54 Å². The molecule has 3 aromatic rings. The smallest absolute Gasteiger partial charge is 0.277 e. The molecule has 0 saturated heterocycles. The number of amides is 1. The van der Waals surface area contributed by atoms with E-state index in [0.717, 1.165) is 5.56 Å². The zero-order valence-electron chi connectivity index (χ0n) is 15.4. The molecule has 0 spiro atoms. The van der Waals surface area contributed by atoms with Gasteiger partial charge in [0.25, 0.3) is 5.91 Å². The van der Waals surface area contributed by atoms with Crippen LogP contribution in [0.4, 0.5) is 5.69 Å². The van der Waals surface area contributed by atoms with E-state index < -0.39 is 5.91 Å². The molecular weight excluding hydrogens is 360 g/mol. The molecule has 0 unspecified atom stereocenters. The number of hydrogen-bond acceptors (Lipinski definition) is 6. The van der Waals surface area contributed by atoms with Gasteiger partial charge in [0, 0.05) is 11.6 Å². The van der Waals surface area contributed by atoms with Crippen molar-refractivity contribution >= 4 is 17.4 Å². The predicted molar refractivity (Wildman–Crippen MR) is 101 cm³/mol. The molecule has 1 aromatic heterocycles. The molecule has 1 aliphatic heterocycles. The van der Waals surface area contributed by atoms with Gasteiger partial charge in [-0.1, -0.05) is 35.0 Å². The van der Waals surface area contributed by atoms with Crippen molar-refractivity contribution in [1.29, 1.82) is 0 Å². The highest BCUT2D eigenvalue weighted by molar-refractivity contribution is 6.08. The van der Waals surface area contributed by atoms with E-state index in [4.69, 9.17) is 9.47 Å². The first-order chi connectivity index (χ1) is 13.5. The number of carbonyl (C=O) groups is 2. The van der Waals surface area contributed by atoms with Crippen LogP contribution < -0.4 is 14.8 Å². The number of fused-ring (bicyclic) bond motifs is 1. The summed E-state index contributed by atoms with van der Waals surface area (Å²) >= 11 is 0. The number of nitrogens with one attached hydrogen (secondary N) is 1. The van der Waals surface area contributed by atoms with E-state index in [0.29, 0.717) is 29.3 Å². The van der Waals surface area contributed by atoms with Crippen LogP contribution in [0, 0.1) is 6.92 Å². The standard InChI is InChI=1S/C20H18N4O4/c1-12-3-5-14(6-4-12)9-24-10-17(22-23-24)20(26)21-16-8-19-18(27-11-28-19)7-15(16)13(2)25/h3-8,10H,9,11H2,1-2H3,(H,21,26). The molecule has 0 aliphatic carbocycles. The van der Waals surface area contributed by atoms with Gasteiger partial charge in [-0.25, -0.2) is 4.68 Å². The fraction of sp³-hybridized carbons (Fsp3) is 0.200. The van der Waals surface area contributed by atoms with Crippen molar-refractivity contribution in [2.24, 2.45) is 0 Å². The third kappa shape index (κ3) is 3.57. The van der Waals surface area contributed by atoms with Crippen LogP contribution >= 0.6 is 0 Å². The number of nitrogens with zero attached hydrogens (tertiary/aromatic N) is 3. The summed E-state index contributed by atoms with van der Waals surface area (Å²) in [5, 5.41) is 10.7. The van der Waals surface area contributed by atoms with Gasteiger partial charge < -0.3 is 14.8 Å². The molecule has 4 rings (SSSR count). The summed E-state index contributed by atoms with van der Waals surface area (Å²) in [6.45, 7) is 4.03. The molecule has 1 N–H and O–H groups in total. The van der Waals surface area contributed by atoms with Crippen molar-refractivity contribution in [2.75, 3.05) is 12.1 Å². The van der Waals surface area contributed by atoms with Gasteiger partial charge >= 0.3 is 0 Å².